The number of esters is 1. The minimum Gasteiger partial charge on any atom is -0.465 e. The third-order valence-corrected chi connectivity index (χ3v) is 5.62. The van der Waals surface area contributed by atoms with Crippen LogP contribution in [0.3, 0.4) is 0 Å². The van der Waals surface area contributed by atoms with E-state index in [9.17, 15) is 9.59 Å². The van der Waals surface area contributed by atoms with E-state index < -0.39 is 5.97 Å². The molecule has 3 rings (SSSR count). The highest BCUT2D eigenvalue weighted by molar-refractivity contribution is 8.18. The lowest BCUT2D eigenvalue weighted by Gasteiger charge is -2.12. The monoisotopic (exact) mass is 408 g/mol. The number of aliphatic imine (C=N–C) groups is 1. The van der Waals surface area contributed by atoms with Crippen LogP contribution in [0, 0.1) is 0 Å². The van der Waals surface area contributed by atoms with Gasteiger partial charge in [-0.15, -0.1) is 0 Å². The largest absolute Gasteiger partial charge is 0.465 e. The fourth-order valence-corrected chi connectivity index (χ4v) is 3.96. The first-order valence-corrected chi connectivity index (χ1v) is 10.3. The Labute approximate surface area is 175 Å². The molecular weight excluding hydrogens is 384 g/mol. The van der Waals surface area contributed by atoms with Crippen molar-refractivity contribution in [1.29, 1.82) is 0 Å². The summed E-state index contributed by atoms with van der Waals surface area (Å²) < 4.78 is 4.71. The van der Waals surface area contributed by atoms with Crippen molar-refractivity contribution in [2.45, 2.75) is 26.7 Å². The number of amidine groups is 1. The van der Waals surface area contributed by atoms with E-state index in [4.69, 9.17) is 4.74 Å². The van der Waals surface area contributed by atoms with Crippen LogP contribution in [-0.4, -0.2) is 35.6 Å². The van der Waals surface area contributed by atoms with E-state index in [0.29, 0.717) is 33.8 Å². The maximum Gasteiger partial charge on any atom is 0.337 e. The Morgan fingerprint density at radius 2 is 1.79 bits per heavy atom. The summed E-state index contributed by atoms with van der Waals surface area (Å²) in [5.74, 6) is 0.0351. The molecule has 1 amide bonds. The molecule has 0 N–H and O–H groups in total. The van der Waals surface area contributed by atoms with Gasteiger partial charge in [-0.05, 0) is 66.1 Å². The summed E-state index contributed by atoms with van der Waals surface area (Å²) in [5, 5.41) is 0.633. The number of methoxy groups -OCH3 is 1. The van der Waals surface area contributed by atoms with E-state index in [1.165, 1.54) is 24.4 Å². The molecular formula is C23H24N2O3S. The van der Waals surface area contributed by atoms with Gasteiger partial charge >= 0.3 is 5.97 Å². The second-order valence-electron chi connectivity index (χ2n) is 6.91. The van der Waals surface area contributed by atoms with Gasteiger partial charge in [0.1, 0.15) is 0 Å². The zero-order valence-electron chi connectivity index (χ0n) is 17.0. The maximum absolute atomic E-state index is 12.8. The van der Waals surface area contributed by atoms with Crippen LogP contribution in [-0.2, 0) is 9.53 Å². The van der Waals surface area contributed by atoms with Gasteiger partial charge in [0.15, 0.2) is 5.17 Å². The normalized spacial score (nSPS) is 16.9. The molecule has 1 fully saturated rings. The Morgan fingerprint density at radius 3 is 2.34 bits per heavy atom. The van der Waals surface area contributed by atoms with Crippen LogP contribution in [0.2, 0.25) is 0 Å². The van der Waals surface area contributed by atoms with Crippen LogP contribution in [0.5, 0.6) is 0 Å². The van der Waals surface area contributed by atoms with Crippen LogP contribution in [0.1, 0.15) is 48.2 Å². The Morgan fingerprint density at radius 1 is 1.14 bits per heavy atom. The van der Waals surface area contributed by atoms with E-state index >= 15 is 0 Å². The molecule has 0 atom stereocenters. The molecule has 0 saturated carbocycles. The quantitative estimate of drug-likeness (QED) is 0.503. The predicted molar refractivity (Wildman–Crippen MR) is 118 cm³/mol. The van der Waals surface area contributed by atoms with Crippen molar-refractivity contribution in [3.8, 4) is 0 Å². The summed E-state index contributed by atoms with van der Waals surface area (Å²) in [7, 11) is 1.35. The molecule has 150 valence electrons. The number of likely N-dealkylation sites (N-methyl/N-ethyl adjacent to an activating group) is 1. The van der Waals surface area contributed by atoms with Gasteiger partial charge in [-0.1, -0.05) is 38.1 Å². The molecule has 6 heteroatoms. The topological polar surface area (TPSA) is 59.0 Å². The molecule has 0 radical (unpaired) electrons. The zero-order chi connectivity index (χ0) is 21.0. The van der Waals surface area contributed by atoms with Crippen LogP contribution in [0.15, 0.2) is 58.4 Å². The highest BCUT2D eigenvalue weighted by atomic mass is 32.2. The summed E-state index contributed by atoms with van der Waals surface area (Å²) in [5.41, 5.74) is 3.40. The van der Waals surface area contributed by atoms with Gasteiger partial charge in [0.2, 0.25) is 0 Å². The second kappa shape index (κ2) is 9.09. The van der Waals surface area contributed by atoms with Crippen molar-refractivity contribution in [1.82, 2.24) is 4.90 Å². The molecule has 2 aromatic rings. The standard InChI is InChI=1S/C23H24N2O3S/c1-5-25-21(26)20(14-16-6-8-17(9-7-16)15(2)3)29-23(25)24-19-12-10-18(11-13-19)22(27)28-4/h6-15H,5H2,1-4H3/b20-14+,24-23?. The zero-order valence-corrected chi connectivity index (χ0v) is 17.8. The summed E-state index contributed by atoms with van der Waals surface area (Å²) in [6.07, 6.45) is 1.91. The number of benzene rings is 2. The van der Waals surface area contributed by atoms with Crippen molar-refractivity contribution in [3.63, 3.8) is 0 Å². The van der Waals surface area contributed by atoms with Crippen molar-refractivity contribution in [3.05, 3.63) is 70.1 Å². The SMILES string of the molecule is CCN1C(=O)/C(=C\c2ccc(C(C)C)cc2)SC1=Nc1ccc(C(=O)OC)cc1. The van der Waals surface area contributed by atoms with Gasteiger partial charge in [-0.2, -0.15) is 0 Å². The molecule has 1 aliphatic heterocycles. The van der Waals surface area contributed by atoms with Crippen molar-refractivity contribution in [2.75, 3.05) is 13.7 Å². The van der Waals surface area contributed by atoms with Gasteiger partial charge in [-0.25, -0.2) is 9.79 Å². The molecule has 29 heavy (non-hydrogen) atoms. The average molecular weight is 409 g/mol. The van der Waals surface area contributed by atoms with Crippen LogP contribution in [0.4, 0.5) is 5.69 Å². The minimum absolute atomic E-state index is 0.0460. The number of nitrogens with zero attached hydrogens (tertiary/aromatic N) is 2. The Kier molecular flexibility index (Phi) is 6.54. The lowest BCUT2D eigenvalue weighted by Crippen LogP contribution is -2.28. The summed E-state index contributed by atoms with van der Waals surface area (Å²) in [6.45, 7) is 6.77. The first-order chi connectivity index (χ1) is 13.9. The molecule has 0 unspecified atom stereocenters. The summed E-state index contributed by atoms with van der Waals surface area (Å²) >= 11 is 1.36. The highest BCUT2D eigenvalue weighted by Crippen LogP contribution is 2.34. The van der Waals surface area contributed by atoms with Crippen LogP contribution >= 0.6 is 11.8 Å². The molecule has 1 heterocycles. The van der Waals surface area contributed by atoms with E-state index in [-0.39, 0.29) is 5.91 Å². The van der Waals surface area contributed by atoms with Gasteiger partial charge in [0, 0.05) is 6.54 Å². The van der Waals surface area contributed by atoms with E-state index in [2.05, 4.69) is 31.0 Å². The van der Waals surface area contributed by atoms with Crippen molar-refractivity contribution >= 4 is 40.6 Å². The number of thioether (sulfide) groups is 1. The van der Waals surface area contributed by atoms with E-state index in [1.807, 2.05) is 25.1 Å². The van der Waals surface area contributed by atoms with Crippen LogP contribution in [0.25, 0.3) is 6.08 Å². The third kappa shape index (κ3) is 4.77. The fraction of sp³-hybridized carbons (Fsp3) is 0.261. The maximum atomic E-state index is 12.8. The lowest BCUT2D eigenvalue weighted by atomic mass is 10.0. The number of amides is 1. The molecule has 5 nitrogen and oxygen atoms in total. The average Bonchev–Trinajstić information content (AvgIpc) is 3.02. The number of hydrogen-bond donors (Lipinski definition) is 0. The highest BCUT2D eigenvalue weighted by Gasteiger charge is 2.32. The minimum atomic E-state index is -0.390. The molecule has 1 saturated heterocycles. The fourth-order valence-electron chi connectivity index (χ4n) is 2.90. The third-order valence-electron chi connectivity index (χ3n) is 4.62. The predicted octanol–water partition coefficient (Wildman–Crippen LogP) is 5.22. The first-order valence-electron chi connectivity index (χ1n) is 9.51. The molecule has 2 aromatic carbocycles. The molecule has 0 aliphatic carbocycles. The van der Waals surface area contributed by atoms with Crippen molar-refractivity contribution in [2.24, 2.45) is 4.99 Å². The summed E-state index contributed by atoms with van der Waals surface area (Å²) in [6, 6.07) is 15.1. The van der Waals surface area contributed by atoms with E-state index in [0.717, 1.165) is 5.56 Å². The van der Waals surface area contributed by atoms with Crippen LogP contribution < -0.4 is 0 Å². The van der Waals surface area contributed by atoms with Gasteiger partial charge in [-0.3, -0.25) is 9.69 Å². The first kappa shape index (κ1) is 20.9. The number of carbonyl (C=O) groups excluding carboxylic acids is 2. The van der Waals surface area contributed by atoms with Gasteiger partial charge < -0.3 is 4.74 Å². The van der Waals surface area contributed by atoms with Gasteiger partial charge in [0.25, 0.3) is 5.91 Å². The molecule has 0 spiro atoms. The van der Waals surface area contributed by atoms with E-state index in [1.54, 1.807) is 29.2 Å². The smallest absolute Gasteiger partial charge is 0.337 e. The van der Waals surface area contributed by atoms with Crippen molar-refractivity contribution < 1.29 is 14.3 Å². The lowest BCUT2D eigenvalue weighted by molar-refractivity contribution is -0.122. The molecule has 0 aromatic heterocycles. The number of hydrogen-bond acceptors (Lipinski definition) is 5. The second-order valence-corrected chi connectivity index (χ2v) is 7.92. The summed E-state index contributed by atoms with van der Waals surface area (Å²) in [4.78, 5) is 31.3. The molecule has 0 bridgehead atoms. The molecule has 1 aliphatic rings. The Balaban J connectivity index is 1.84. The number of ether oxygens (including phenoxy) is 1. The number of carbonyl (C=O) groups is 2. The Hall–Kier alpha value is -2.86. The number of rotatable bonds is 5. The van der Waals surface area contributed by atoms with Gasteiger partial charge in [0.05, 0.1) is 23.3 Å². The Bertz CT molecular complexity index is 961.